The van der Waals surface area contributed by atoms with Gasteiger partial charge >= 0.3 is 0 Å². The van der Waals surface area contributed by atoms with E-state index >= 15 is 0 Å². The molecule has 0 saturated carbocycles. The molecule has 0 saturated heterocycles. The van der Waals surface area contributed by atoms with Crippen LogP contribution in [0.2, 0.25) is 0 Å². The normalized spacial score (nSPS) is 16.1. The van der Waals surface area contributed by atoms with Crippen LogP contribution in [0.3, 0.4) is 0 Å². The molecule has 1 aliphatic rings. The van der Waals surface area contributed by atoms with E-state index in [-0.39, 0.29) is 6.10 Å². The Morgan fingerprint density at radius 3 is 2.39 bits per heavy atom. The van der Waals surface area contributed by atoms with Crippen LogP contribution >= 0.6 is 0 Å². The molecule has 1 unspecified atom stereocenters. The summed E-state index contributed by atoms with van der Waals surface area (Å²) in [5, 5.41) is 0. The molecule has 0 aromatic heterocycles. The molecule has 3 aromatic rings. The molecule has 0 radical (unpaired) electrons. The van der Waals surface area contributed by atoms with Crippen LogP contribution in [-0.4, -0.2) is 0 Å². The number of fused-ring (bicyclic) bond motifs is 1. The lowest BCUT2D eigenvalue weighted by Crippen LogP contribution is -2.04. The van der Waals surface area contributed by atoms with Gasteiger partial charge in [-0.05, 0) is 35.6 Å². The summed E-state index contributed by atoms with van der Waals surface area (Å²) in [7, 11) is 0. The lowest BCUT2D eigenvalue weighted by atomic mass is 10.1. The highest BCUT2D eigenvalue weighted by Crippen LogP contribution is 2.36. The van der Waals surface area contributed by atoms with Crippen LogP contribution in [0.15, 0.2) is 78.9 Å². The predicted molar refractivity (Wildman–Crippen MR) is 91.1 cm³/mol. The SMILES string of the molecule is c1ccc(-c2ccccc2OOC2CCc3ccccc32)cc1. The number of rotatable bonds is 4. The fraction of sp³-hybridized carbons (Fsp3) is 0.143. The standard InChI is InChI=1S/C21H18O2/c1-2-8-16(9-3-1)18-12-6-7-13-20(18)22-23-21-15-14-17-10-4-5-11-19(17)21/h1-13,21H,14-15H2. The van der Waals surface area contributed by atoms with Crippen molar-refractivity contribution in [3.05, 3.63) is 90.0 Å². The molecule has 2 nitrogen and oxygen atoms in total. The smallest absolute Gasteiger partial charge is 0.173 e. The molecule has 0 aliphatic heterocycles. The maximum atomic E-state index is 5.78. The Morgan fingerprint density at radius 1 is 0.739 bits per heavy atom. The van der Waals surface area contributed by atoms with Gasteiger partial charge in [0, 0.05) is 5.56 Å². The third-order valence-corrected chi connectivity index (χ3v) is 4.30. The van der Waals surface area contributed by atoms with Crippen molar-refractivity contribution in [2.75, 3.05) is 0 Å². The van der Waals surface area contributed by atoms with Gasteiger partial charge in [0.05, 0.1) is 0 Å². The maximum absolute atomic E-state index is 5.78. The maximum Gasteiger partial charge on any atom is 0.173 e. The molecule has 0 spiro atoms. The molecule has 2 heteroatoms. The fourth-order valence-corrected chi connectivity index (χ4v) is 3.12. The zero-order chi connectivity index (χ0) is 15.5. The summed E-state index contributed by atoms with van der Waals surface area (Å²) in [6.07, 6.45) is 2.02. The molecule has 3 aromatic carbocycles. The first kappa shape index (κ1) is 14.0. The molecule has 0 amide bonds. The highest BCUT2D eigenvalue weighted by molar-refractivity contribution is 5.70. The third kappa shape index (κ3) is 2.86. The zero-order valence-electron chi connectivity index (χ0n) is 12.8. The van der Waals surface area contributed by atoms with Gasteiger partial charge in [-0.2, -0.15) is 4.89 Å². The molecular weight excluding hydrogens is 284 g/mol. The van der Waals surface area contributed by atoms with Crippen LogP contribution < -0.4 is 4.89 Å². The first-order valence-electron chi connectivity index (χ1n) is 7.97. The second-order valence-corrected chi connectivity index (χ2v) is 5.77. The van der Waals surface area contributed by atoms with E-state index in [1.54, 1.807) is 0 Å². The lowest BCUT2D eigenvalue weighted by molar-refractivity contribution is -0.246. The molecular formula is C21H18O2. The second-order valence-electron chi connectivity index (χ2n) is 5.77. The summed E-state index contributed by atoms with van der Waals surface area (Å²) in [6, 6.07) is 26.6. The van der Waals surface area contributed by atoms with E-state index in [0.717, 1.165) is 29.7 Å². The van der Waals surface area contributed by atoms with Crippen molar-refractivity contribution in [1.82, 2.24) is 0 Å². The van der Waals surface area contributed by atoms with Crippen LogP contribution in [0.25, 0.3) is 11.1 Å². The van der Waals surface area contributed by atoms with Crippen molar-refractivity contribution >= 4 is 0 Å². The Kier molecular flexibility index (Phi) is 3.83. The van der Waals surface area contributed by atoms with Gasteiger partial charge in [0.2, 0.25) is 0 Å². The minimum absolute atomic E-state index is 0.00929. The number of hydrogen-bond acceptors (Lipinski definition) is 2. The van der Waals surface area contributed by atoms with E-state index < -0.39 is 0 Å². The van der Waals surface area contributed by atoms with Crippen molar-refractivity contribution < 1.29 is 9.78 Å². The minimum atomic E-state index is 0.00929. The first-order chi connectivity index (χ1) is 11.4. The summed E-state index contributed by atoms with van der Waals surface area (Å²) >= 11 is 0. The third-order valence-electron chi connectivity index (χ3n) is 4.30. The van der Waals surface area contributed by atoms with E-state index in [4.69, 9.17) is 9.78 Å². The Hall–Kier alpha value is -2.58. The lowest BCUT2D eigenvalue weighted by Gasteiger charge is -2.14. The van der Waals surface area contributed by atoms with Crippen LogP contribution in [-0.2, 0) is 11.3 Å². The van der Waals surface area contributed by atoms with Gasteiger partial charge in [-0.3, -0.25) is 0 Å². The average molecular weight is 302 g/mol. The Labute approximate surface area is 136 Å². The molecule has 1 atom stereocenters. The largest absolute Gasteiger partial charge is 0.336 e. The molecule has 4 rings (SSSR count). The highest BCUT2D eigenvalue weighted by Gasteiger charge is 2.24. The topological polar surface area (TPSA) is 18.5 Å². The number of aryl methyl sites for hydroxylation is 1. The summed E-state index contributed by atoms with van der Waals surface area (Å²) < 4.78 is 0. The van der Waals surface area contributed by atoms with E-state index in [1.807, 2.05) is 36.4 Å². The van der Waals surface area contributed by atoms with Crippen LogP contribution in [0, 0.1) is 0 Å². The summed E-state index contributed by atoms with van der Waals surface area (Å²) in [5.41, 5.74) is 4.76. The van der Waals surface area contributed by atoms with Crippen molar-refractivity contribution in [1.29, 1.82) is 0 Å². The van der Waals surface area contributed by atoms with Crippen LogP contribution in [0.5, 0.6) is 5.75 Å². The summed E-state index contributed by atoms with van der Waals surface area (Å²) in [6.45, 7) is 0. The zero-order valence-corrected chi connectivity index (χ0v) is 12.8. The van der Waals surface area contributed by atoms with Crippen LogP contribution in [0.1, 0.15) is 23.7 Å². The summed E-state index contributed by atoms with van der Waals surface area (Å²) in [4.78, 5) is 11.5. The predicted octanol–water partition coefficient (Wildman–Crippen LogP) is 5.35. The van der Waals surface area contributed by atoms with Gasteiger partial charge in [-0.15, -0.1) is 0 Å². The summed E-state index contributed by atoms with van der Waals surface area (Å²) in [5.74, 6) is 0.753. The van der Waals surface area contributed by atoms with E-state index in [9.17, 15) is 0 Å². The van der Waals surface area contributed by atoms with Crippen molar-refractivity contribution in [3.8, 4) is 16.9 Å². The Balaban J connectivity index is 1.55. The van der Waals surface area contributed by atoms with Crippen molar-refractivity contribution in [2.24, 2.45) is 0 Å². The quantitative estimate of drug-likeness (QED) is 0.477. The van der Waals surface area contributed by atoms with Gasteiger partial charge in [-0.25, -0.2) is 0 Å². The molecule has 0 fully saturated rings. The average Bonchev–Trinajstić information content (AvgIpc) is 3.04. The minimum Gasteiger partial charge on any atom is -0.336 e. The Morgan fingerprint density at radius 2 is 1.48 bits per heavy atom. The molecule has 114 valence electrons. The van der Waals surface area contributed by atoms with Gasteiger partial charge in [0.1, 0.15) is 6.10 Å². The van der Waals surface area contributed by atoms with Gasteiger partial charge in [0.25, 0.3) is 0 Å². The van der Waals surface area contributed by atoms with Crippen LogP contribution in [0.4, 0.5) is 0 Å². The molecule has 23 heavy (non-hydrogen) atoms. The first-order valence-corrected chi connectivity index (χ1v) is 7.97. The molecule has 0 N–H and O–H groups in total. The highest BCUT2D eigenvalue weighted by atomic mass is 17.2. The molecule has 0 bridgehead atoms. The van der Waals surface area contributed by atoms with Gasteiger partial charge < -0.3 is 4.89 Å². The molecule has 0 heterocycles. The van der Waals surface area contributed by atoms with E-state index in [1.165, 1.54) is 11.1 Å². The monoisotopic (exact) mass is 302 g/mol. The van der Waals surface area contributed by atoms with E-state index in [0.29, 0.717) is 0 Å². The van der Waals surface area contributed by atoms with Crippen molar-refractivity contribution in [2.45, 2.75) is 18.9 Å². The second kappa shape index (κ2) is 6.27. The Bertz CT molecular complexity index is 796. The van der Waals surface area contributed by atoms with Crippen molar-refractivity contribution in [3.63, 3.8) is 0 Å². The van der Waals surface area contributed by atoms with Gasteiger partial charge in [0.15, 0.2) is 5.75 Å². The number of hydrogen-bond donors (Lipinski definition) is 0. The number of para-hydroxylation sites is 1. The molecule has 1 aliphatic carbocycles. The number of benzene rings is 3. The van der Waals surface area contributed by atoms with Gasteiger partial charge in [-0.1, -0.05) is 72.8 Å². The van der Waals surface area contributed by atoms with E-state index in [2.05, 4.69) is 42.5 Å². The fourth-order valence-electron chi connectivity index (χ4n) is 3.12.